The normalized spacial score (nSPS) is 18.2. The van der Waals surface area contributed by atoms with Gasteiger partial charge in [0, 0.05) is 18.3 Å². The van der Waals surface area contributed by atoms with Gasteiger partial charge in [0.15, 0.2) is 0 Å². The van der Waals surface area contributed by atoms with E-state index in [1.54, 1.807) is 0 Å². The SMILES string of the molecule is CCC1=NC=C(C(C)(C)C)C1. The van der Waals surface area contributed by atoms with E-state index in [2.05, 4.69) is 32.7 Å². The third kappa shape index (κ3) is 1.92. The predicted molar refractivity (Wildman–Crippen MR) is 49.9 cm³/mol. The smallest absolute Gasteiger partial charge is 0.0268 e. The molecule has 0 saturated carbocycles. The molecule has 1 aliphatic rings. The molecule has 0 saturated heterocycles. The molecule has 0 unspecified atom stereocenters. The molecule has 11 heavy (non-hydrogen) atoms. The molecule has 1 rings (SSSR count). The van der Waals surface area contributed by atoms with Crippen molar-refractivity contribution in [3.63, 3.8) is 0 Å². The molecule has 1 aliphatic heterocycles. The minimum absolute atomic E-state index is 0.306. The Labute approximate surface area is 69.2 Å². The molecule has 0 atom stereocenters. The van der Waals surface area contributed by atoms with Crippen LogP contribution in [-0.2, 0) is 0 Å². The molecular weight excluding hydrogens is 134 g/mol. The van der Waals surface area contributed by atoms with Gasteiger partial charge in [0.2, 0.25) is 0 Å². The summed E-state index contributed by atoms with van der Waals surface area (Å²) in [7, 11) is 0. The van der Waals surface area contributed by atoms with Crippen molar-refractivity contribution in [2.45, 2.75) is 40.5 Å². The van der Waals surface area contributed by atoms with E-state index in [-0.39, 0.29) is 0 Å². The van der Waals surface area contributed by atoms with Crippen LogP contribution in [0, 0.1) is 5.41 Å². The van der Waals surface area contributed by atoms with E-state index in [0.29, 0.717) is 5.41 Å². The van der Waals surface area contributed by atoms with Gasteiger partial charge in [-0.05, 0) is 17.4 Å². The molecule has 0 aliphatic carbocycles. The molecule has 0 fully saturated rings. The maximum Gasteiger partial charge on any atom is 0.0268 e. The summed E-state index contributed by atoms with van der Waals surface area (Å²) in [6, 6.07) is 0. The molecule has 62 valence electrons. The van der Waals surface area contributed by atoms with Gasteiger partial charge in [-0.3, -0.25) is 4.99 Å². The van der Waals surface area contributed by atoms with E-state index in [9.17, 15) is 0 Å². The van der Waals surface area contributed by atoms with Crippen molar-refractivity contribution in [1.82, 2.24) is 0 Å². The summed E-state index contributed by atoms with van der Waals surface area (Å²) < 4.78 is 0. The van der Waals surface area contributed by atoms with Gasteiger partial charge in [0.1, 0.15) is 0 Å². The van der Waals surface area contributed by atoms with Gasteiger partial charge in [-0.2, -0.15) is 0 Å². The lowest BCUT2D eigenvalue weighted by atomic mass is 9.85. The Bertz CT molecular complexity index is 203. The molecule has 0 aromatic carbocycles. The summed E-state index contributed by atoms with van der Waals surface area (Å²) in [5.74, 6) is 0. The largest absolute Gasteiger partial charge is 0.265 e. The van der Waals surface area contributed by atoms with E-state index in [1.165, 1.54) is 11.3 Å². The molecule has 1 nitrogen and oxygen atoms in total. The van der Waals surface area contributed by atoms with E-state index in [1.807, 2.05) is 6.20 Å². The predicted octanol–water partition coefficient (Wildman–Crippen LogP) is 3.17. The summed E-state index contributed by atoms with van der Waals surface area (Å²) in [6.07, 6.45) is 4.23. The zero-order valence-corrected chi connectivity index (χ0v) is 7.94. The van der Waals surface area contributed by atoms with Gasteiger partial charge < -0.3 is 0 Å². The fraction of sp³-hybridized carbons (Fsp3) is 0.700. The fourth-order valence-electron chi connectivity index (χ4n) is 1.16. The number of allylic oxidation sites excluding steroid dienone is 1. The highest BCUT2D eigenvalue weighted by atomic mass is 14.7. The van der Waals surface area contributed by atoms with Crippen LogP contribution >= 0.6 is 0 Å². The summed E-state index contributed by atoms with van der Waals surface area (Å²) in [5, 5.41) is 0. The van der Waals surface area contributed by atoms with Crippen molar-refractivity contribution in [3.05, 3.63) is 11.8 Å². The van der Waals surface area contributed by atoms with Gasteiger partial charge >= 0.3 is 0 Å². The first-order chi connectivity index (χ1) is 5.04. The Morgan fingerprint density at radius 2 is 2.09 bits per heavy atom. The first-order valence-electron chi connectivity index (χ1n) is 4.29. The Hall–Kier alpha value is -0.590. The molecular formula is C10H17N. The van der Waals surface area contributed by atoms with Gasteiger partial charge in [-0.15, -0.1) is 0 Å². The highest BCUT2D eigenvalue weighted by Gasteiger charge is 2.20. The molecule has 1 heterocycles. The minimum Gasteiger partial charge on any atom is -0.265 e. The molecule has 0 N–H and O–H groups in total. The van der Waals surface area contributed by atoms with Crippen molar-refractivity contribution in [2.75, 3.05) is 0 Å². The fourth-order valence-corrected chi connectivity index (χ4v) is 1.16. The summed E-state index contributed by atoms with van der Waals surface area (Å²) in [5.41, 5.74) is 3.10. The van der Waals surface area contributed by atoms with Crippen LogP contribution in [0.2, 0.25) is 0 Å². The average molecular weight is 151 g/mol. The number of hydrogen-bond acceptors (Lipinski definition) is 1. The third-order valence-electron chi connectivity index (χ3n) is 2.17. The second kappa shape index (κ2) is 2.80. The van der Waals surface area contributed by atoms with Crippen LogP contribution in [0.3, 0.4) is 0 Å². The number of hydrogen-bond donors (Lipinski definition) is 0. The van der Waals surface area contributed by atoms with Gasteiger partial charge in [0.25, 0.3) is 0 Å². The lowest BCUT2D eigenvalue weighted by Crippen LogP contribution is -2.09. The van der Waals surface area contributed by atoms with Gasteiger partial charge in [-0.1, -0.05) is 27.7 Å². The molecule has 0 amide bonds. The minimum atomic E-state index is 0.306. The zero-order valence-electron chi connectivity index (χ0n) is 7.94. The zero-order chi connectivity index (χ0) is 8.48. The van der Waals surface area contributed by atoms with Crippen LogP contribution in [0.15, 0.2) is 16.8 Å². The van der Waals surface area contributed by atoms with E-state index >= 15 is 0 Å². The van der Waals surface area contributed by atoms with Crippen LogP contribution in [0.1, 0.15) is 40.5 Å². The average Bonchev–Trinajstić information content (AvgIpc) is 2.32. The van der Waals surface area contributed by atoms with Gasteiger partial charge in [-0.25, -0.2) is 0 Å². The lowest BCUT2D eigenvalue weighted by Gasteiger charge is -2.19. The Morgan fingerprint density at radius 3 is 2.36 bits per heavy atom. The quantitative estimate of drug-likeness (QED) is 0.546. The Balaban J connectivity index is 2.60. The summed E-state index contributed by atoms with van der Waals surface area (Å²) in [6.45, 7) is 8.89. The van der Waals surface area contributed by atoms with Crippen molar-refractivity contribution in [2.24, 2.45) is 10.4 Å². The standard InChI is InChI=1S/C10H17N/c1-5-9-6-8(7-11-9)10(2,3)4/h7H,5-6H2,1-4H3. The van der Waals surface area contributed by atoms with Crippen molar-refractivity contribution >= 4 is 5.71 Å². The molecule has 0 bridgehead atoms. The van der Waals surface area contributed by atoms with Crippen LogP contribution in [-0.4, -0.2) is 5.71 Å². The summed E-state index contributed by atoms with van der Waals surface area (Å²) >= 11 is 0. The van der Waals surface area contributed by atoms with Crippen LogP contribution in [0.25, 0.3) is 0 Å². The monoisotopic (exact) mass is 151 g/mol. The second-order valence-corrected chi connectivity index (χ2v) is 4.13. The van der Waals surface area contributed by atoms with Crippen molar-refractivity contribution in [1.29, 1.82) is 0 Å². The van der Waals surface area contributed by atoms with E-state index in [0.717, 1.165) is 12.8 Å². The van der Waals surface area contributed by atoms with Gasteiger partial charge in [0.05, 0.1) is 0 Å². The third-order valence-corrected chi connectivity index (χ3v) is 2.17. The number of aliphatic imine (C=N–C) groups is 1. The molecule has 0 aromatic rings. The van der Waals surface area contributed by atoms with E-state index < -0.39 is 0 Å². The van der Waals surface area contributed by atoms with Crippen molar-refractivity contribution < 1.29 is 0 Å². The number of nitrogens with zero attached hydrogens (tertiary/aromatic N) is 1. The highest BCUT2D eigenvalue weighted by molar-refractivity contribution is 5.89. The van der Waals surface area contributed by atoms with E-state index in [4.69, 9.17) is 0 Å². The first-order valence-corrected chi connectivity index (χ1v) is 4.29. The van der Waals surface area contributed by atoms with Crippen molar-refractivity contribution in [3.8, 4) is 0 Å². The molecule has 1 heteroatoms. The first kappa shape index (κ1) is 8.51. The maximum atomic E-state index is 4.36. The highest BCUT2D eigenvalue weighted by Crippen LogP contribution is 2.31. The topological polar surface area (TPSA) is 12.4 Å². The van der Waals surface area contributed by atoms with Crippen LogP contribution < -0.4 is 0 Å². The molecule has 0 spiro atoms. The molecule has 0 aromatic heterocycles. The lowest BCUT2D eigenvalue weighted by molar-refractivity contribution is 0.498. The van der Waals surface area contributed by atoms with Crippen LogP contribution in [0.4, 0.5) is 0 Å². The Morgan fingerprint density at radius 1 is 1.45 bits per heavy atom. The maximum absolute atomic E-state index is 4.36. The summed E-state index contributed by atoms with van der Waals surface area (Å²) in [4.78, 5) is 4.36. The number of rotatable bonds is 1. The van der Waals surface area contributed by atoms with Crippen LogP contribution in [0.5, 0.6) is 0 Å². The molecule has 0 radical (unpaired) electrons. The second-order valence-electron chi connectivity index (χ2n) is 4.13. The Kier molecular flexibility index (Phi) is 2.17.